The third kappa shape index (κ3) is 40.5. The van der Waals surface area contributed by atoms with E-state index in [1.807, 2.05) is 6.08 Å². The molecule has 9 heteroatoms. The lowest BCUT2D eigenvalue weighted by Gasteiger charge is -2.18. The molecule has 0 aliphatic carbocycles. The van der Waals surface area contributed by atoms with E-state index in [4.69, 9.17) is 19.3 Å². The highest BCUT2D eigenvalue weighted by Gasteiger charge is 2.22. The average molecular weight is 751 g/mol. The van der Waals surface area contributed by atoms with E-state index in [1.165, 1.54) is 77.0 Å². The summed E-state index contributed by atoms with van der Waals surface area (Å²) in [6.45, 7) is 3.60. The Bertz CT molecular complexity index is 1030. The molecule has 0 unspecified atom stereocenters. The zero-order valence-electron chi connectivity index (χ0n) is 32.9. The minimum atomic E-state index is -4.77. The molecule has 0 aliphatic heterocycles. The van der Waals surface area contributed by atoms with E-state index >= 15 is 0 Å². The summed E-state index contributed by atoms with van der Waals surface area (Å²) in [6.07, 6.45) is 48.1. The Morgan fingerprint density at radius 2 is 0.885 bits per heavy atom. The van der Waals surface area contributed by atoms with Crippen molar-refractivity contribution in [3.05, 3.63) is 60.8 Å². The van der Waals surface area contributed by atoms with E-state index in [0.29, 0.717) is 12.8 Å². The van der Waals surface area contributed by atoms with Gasteiger partial charge in [0.1, 0.15) is 6.61 Å². The second-order valence-electron chi connectivity index (χ2n) is 13.6. The van der Waals surface area contributed by atoms with Crippen molar-refractivity contribution in [2.24, 2.45) is 0 Å². The summed E-state index contributed by atoms with van der Waals surface area (Å²) in [5, 5.41) is 0. The molecule has 300 valence electrons. The fourth-order valence-electron chi connectivity index (χ4n) is 5.42. The normalized spacial score (nSPS) is 13.1. The first kappa shape index (κ1) is 49.8. The zero-order valence-corrected chi connectivity index (χ0v) is 33.8. The second-order valence-corrected chi connectivity index (χ2v) is 14.8. The zero-order chi connectivity index (χ0) is 38.2. The SMILES string of the molecule is CCCCCC/C=C/CCCCCCCC(=O)O[C@H](COC(=O)CCC/C=C/C/C=C/C/C=C/C/C=C/CCCCCCCCC)COP(=O)(O)O. The lowest BCUT2D eigenvalue weighted by molar-refractivity contribution is -0.161. The Morgan fingerprint density at radius 1 is 0.500 bits per heavy atom. The topological polar surface area (TPSA) is 119 Å². The number of phosphoric acid groups is 1. The smallest absolute Gasteiger partial charge is 0.462 e. The van der Waals surface area contributed by atoms with Crippen LogP contribution in [-0.2, 0) is 28.2 Å². The molecule has 2 N–H and O–H groups in total. The molecule has 0 radical (unpaired) electrons. The number of hydrogen-bond acceptors (Lipinski definition) is 6. The van der Waals surface area contributed by atoms with Crippen molar-refractivity contribution in [1.29, 1.82) is 0 Å². The van der Waals surface area contributed by atoms with Gasteiger partial charge in [0.25, 0.3) is 0 Å². The van der Waals surface area contributed by atoms with Crippen molar-refractivity contribution >= 4 is 19.8 Å². The Labute approximate surface area is 317 Å². The molecule has 0 aliphatic rings. The van der Waals surface area contributed by atoms with Gasteiger partial charge in [-0.1, -0.05) is 152 Å². The van der Waals surface area contributed by atoms with Crippen LogP contribution in [-0.4, -0.2) is 41.0 Å². The van der Waals surface area contributed by atoms with Crippen LogP contribution in [0.4, 0.5) is 0 Å². The number of carbonyl (C=O) groups is 2. The van der Waals surface area contributed by atoms with E-state index in [2.05, 4.69) is 73.1 Å². The Hall–Kier alpha value is -2.25. The molecule has 52 heavy (non-hydrogen) atoms. The number of ether oxygens (including phenoxy) is 2. The van der Waals surface area contributed by atoms with E-state index < -0.39 is 32.5 Å². The van der Waals surface area contributed by atoms with Crippen molar-refractivity contribution in [2.45, 2.75) is 187 Å². The summed E-state index contributed by atoms with van der Waals surface area (Å²) in [5.41, 5.74) is 0. The molecule has 0 fully saturated rings. The quantitative estimate of drug-likeness (QED) is 0.0279. The number of phosphoric ester groups is 1. The van der Waals surface area contributed by atoms with Gasteiger partial charge in [-0.3, -0.25) is 14.1 Å². The molecule has 0 aromatic heterocycles. The largest absolute Gasteiger partial charge is 0.469 e. The fraction of sp³-hybridized carbons (Fsp3) is 0.721. The second kappa shape index (κ2) is 38.5. The van der Waals surface area contributed by atoms with Crippen LogP contribution in [0.25, 0.3) is 0 Å². The molecule has 0 saturated heterocycles. The van der Waals surface area contributed by atoms with Crippen LogP contribution in [0.5, 0.6) is 0 Å². The first-order valence-electron chi connectivity index (χ1n) is 20.6. The standard InChI is InChI=1S/C43H75O8P/c1-3-5-7-9-11-13-15-17-18-19-20-21-22-23-24-26-27-29-31-33-35-37-42(44)49-39-41(40-50-52(46,47)48)51-43(45)38-36-34-32-30-28-25-16-14-12-10-8-6-4-2/h14,16,18-19,21-22,24,26,29,31,41H,3-13,15,17,20,23,25,27-28,30,32-40H2,1-2H3,(H2,46,47,48)/b16-14+,19-18+,22-21+,26-24+,31-29+/t41-/m1/s1. The van der Waals surface area contributed by atoms with Gasteiger partial charge in [0.15, 0.2) is 6.10 Å². The molecule has 0 saturated carbocycles. The first-order chi connectivity index (χ1) is 25.3. The summed E-state index contributed by atoms with van der Waals surface area (Å²) in [7, 11) is -4.77. The molecule has 0 heterocycles. The third-order valence-electron chi connectivity index (χ3n) is 8.51. The highest BCUT2D eigenvalue weighted by atomic mass is 31.2. The van der Waals surface area contributed by atoms with E-state index in [-0.39, 0.29) is 19.4 Å². The Kier molecular flexibility index (Phi) is 36.8. The van der Waals surface area contributed by atoms with Crippen LogP contribution in [0.2, 0.25) is 0 Å². The summed E-state index contributed by atoms with van der Waals surface area (Å²) < 4.78 is 26.3. The van der Waals surface area contributed by atoms with Crippen molar-refractivity contribution in [2.75, 3.05) is 13.2 Å². The maximum absolute atomic E-state index is 12.4. The third-order valence-corrected chi connectivity index (χ3v) is 8.99. The van der Waals surface area contributed by atoms with Crippen LogP contribution in [0.1, 0.15) is 181 Å². The van der Waals surface area contributed by atoms with E-state index in [0.717, 1.165) is 64.2 Å². The van der Waals surface area contributed by atoms with Crippen LogP contribution >= 0.6 is 7.82 Å². The maximum atomic E-state index is 12.4. The van der Waals surface area contributed by atoms with Gasteiger partial charge in [0, 0.05) is 12.8 Å². The van der Waals surface area contributed by atoms with Crippen molar-refractivity contribution in [3.63, 3.8) is 0 Å². The van der Waals surface area contributed by atoms with Gasteiger partial charge in [-0.25, -0.2) is 4.57 Å². The van der Waals surface area contributed by atoms with Crippen molar-refractivity contribution in [1.82, 2.24) is 0 Å². The summed E-state index contributed by atoms with van der Waals surface area (Å²) in [4.78, 5) is 42.7. The average Bonchev–Trinajstić information content (AvgIpc) is 3.11. The lowest BCUT2D eigenvalue weighted by Crippen LogP contribution is -2.29. The fourth-order valence-corrected chi connectivity index (χ4v) is 5.78. The predicted molar refractivity (Wildman–Crippen MR) is 216 cm³/mol. The molecule has 0 rings (SSSR count). The van der Waals surface area contributed by atoms with Crippen LogP contribution < -0.4 is 0 Å². The van der Waals surface area contributed by atoms with Gasteiger partial charge in [0.05, 0.1) is 6.61 Å². The molecule has 8 nitrogen and oxygen atoms in total. The van der Waals surface area contributed by atoms with Crippen molar-refractivity contribution < 1.29 is 37.9 Å². The van der Waals surface area contributed by atoms with Gasteiger partial charge < -0.3 is 19.3 Å². The number of rotatable bonds is 37. The van der Waals surface area contributed by atoms with Crippen LogP contribution in [0.3, 0.4) is 0 Å². The number of carbonyl (C=O) groups excluding carboxylic acids is 2. The van der Waals surface area contributed by atoms with E-state index in [1.54, 1.807) is 0 Å². The molecule has 0 aromatic rings. The highest BCUT2D eigenvalue weighted by molar-refractivity contribution is 7.46. The van der Waals surface area contributed by atoms with Gasteiger partial charge >= 0.3 is 19.8 Å². The van der Waals surface area contributed by atoms with Gasteiger partial charge in [-0.15, -0.1) is 0 Å². The van der Waals surface area contributed by atoms with Gasteiger partial charge in [-0.05, 0) is 77.0 Å². The number of hydrogen-bond donors (Lipinski definition) is 2. The van der Waals surface area contributed by atoms with Gasteiger partial charge in [0.2, 0.25) is 0 Å². The highest BCUT2D eigenvalue weighted by Crippen LogP contribution is 2.36. The molecular weight excluding hydrogens is 675 g/mol. The molecule has 0 spiro atoms. The molecule has 0 bridgehead atoms. The molecule has 0 aromatic carbocycles. The van der Waals surface area contributed by atoms with Gasteiger partial charge in [-0.2, -0.15) is 0 Å². The summed E-state index contributed by atoms with van der Waals surface area (Å²) in [6, 6.07) is 0. The molecule has 0 amide bonds. The Balaban J connectivity index is 4.04. The maximum Gasteiger partial charge on any atom is 0.469 e. The lowest BCUT2D eigenvalue weighted by atomic mass is 10.1. The van der Waals surface area contributed by atoms with E-state index in [9.17, 15) is 14.2 Å². The molecule has 1 atom stereocenters. The summed E-state index contributed by atoms with van der Waals surface area (Å²) in [5.74, 6) is -0.964. The first-order valence-corrected chi connectivity index (χ1v) is 22.1. The van der Waals surface area contributed by atoms with Crippen LogP contribution in [0.15, 0.2) is 60.8 Å². The Morgan fingerprint density at radius 3 is 1.38 bits per heavy atom. The number of allylic oxidation sites excluding steroid dienone is 10. The minimum absolute atomic E-state index is 0.188. The minimum Gasteiger partial charge on any atom is -0.462 e. The number of unbranched alkanes of at least 4 members (excludes halogenated alkanes) is 17. The number of esters is 2. The molecular formula is C43H75O8P. The predicted octanol–water partition coefficient (Wildman–Crippen LogP) is 12.5. The monoisotopic (exact) mass is 751 g/mol. The summed E-state index contributed by atoms with van der Waals surface area (Å²) >= 11 is 0. The van der Waals surface area contributed by atoms with Crippen molar-refractivity contribution in [3.8, 4) is 0 Å². The van der Waals surface area contributed by atoms with Crippen LogP contribution in [0, 0.1) is 0 Å².